The van der Waals surface area contributed by atoms with Crippen molar-refractivity contribution in [2.75, 3.05) is 7.11 Å². The van der Waals surface area contributed by atoms with Gasteiger partial charge in [-0.3, -0.25) is 4.79 Å². The fourth-order valence-corrected chi connectivity index (χ4v) is 2.00. The van der Waals surface area contributed by atoms with Gasteiger partial charge in [-0.1, -0.05) is 19.6 Å². The molecule has 0 aliphatic carbocycles. The van der Waals surface area contributed by atoms with Crippen molar-refractivity contribution in [2.45, 2.75) is 40.2 Å². The molecule has 1 atom stereocenters. The van der Waals surface area contributed by atoms with Gasteiger partial charge >= 0.3 is 0 Å². The molecular formula is C16H22O4. The minimum Gasteiger partial charge on any atom is -0.468 e. The van der Waals surface area contributed by atoms with E-state index < -0.39 is 6.10 Å². The lowest BCUT2D eigenvalue weighted by Crippen LogP contribution is -2.13. The molecule has 0 aliphatic rings. The third kappa shape index (κ3) is 3.20. The zero-order valence-corrected chi connectivity index (χ0v) is 12.7. The summed E-state index contributed by atoms with van der Waals surface area (Å²) in [6.07, 6.45) is 1.72. The Hall–Kier alpha value is -1.81. The SMILES string of the molecule is C=C(/C=C(\C)c1oc(OC)c(C)c(=O)c1C)C(O)CC. The molecule has 1 aromatic rings. The third-order valence-corrected chi connectivity index (χ3v) is 3.28. The maximum atomic E-state index is 12.1. The molecule has 0 bridgehead atoms. The predicted octanol–water partition coefficient (Wildman–Crippen LogP) is 3.00. The van der Waals surface area contributed by atoms with E-state index in [0.717, 1.165) is 5.57 Å². The van der Waals surface area contributed by atoms with E-state index in [2.05, 4.69) is 6.58 Å². The second kappa shape index (κ2) is 6.57. The Kier molecular flexibility index (Phi) is 5.34. The smallest absolute Gasteiger partial charge is 0.291 e. The fourth-order valence-electron chi connectivity index (χ4n) is 2.00. The molecule has 1 unspecified atom stereocenters. The molecule has 1 heterocycles. The lowest BCUT2D eigenvalue weighted by Gasteiger charge is -2.12. The Balaban J connectivity index is 3.33. The first kappa shape index (κ1) is 16.2. The monoisotopic (exact) mass is 278 g/mol. The normalized spacial score (nSPS) is 13.2. The Bertz CT molecular complexity index is 593. The lowest BCUT2D eigenvalue weighted by molar-refractivity contribution is 0.211. The second-order valence-electron chi connectivity index (χ2n) is 4.83. The van der Waals surface area contributed by atoms with E-state index in [-0.39, 0.29) is 11.4 Å². The van der Waals surface area contributed by atoms with Crippen LogP contribution in [0.4, 0.5) is 0 Å². The largest absolute Gasteiger partial charge is 0.468 e. The number of allylic oxidation sites excluding steroid dienone is 1. The molecule has 4 nitrogen and oxygen atoms in total. The third-order valence-electron chi connectivity index (χ3n) is 3.28. The summed E-state index contributed by atoms with van der Waals surface area (Å²) in [4.78, 5) is 12.1. The van der Waals surface area contributed by atoms with Crippen LogP contribution in [0.1, 0.15) is 37.2 Å². The summed E-state index contributed by atoms with van der Waals surface area (Å²) >= 11 is 0. The highest BCUT2D eigenvalue weighted by Crippen LogP contribution is 2.25. The number of hydrogen-bond donors (Lipinski definition) is 1. The summed E-state index contributed by atoms with van der Waals surface area (Å²) in [5.74, 6) is 0.673. The topological polar surface area (TPSA) is 59.7 Å². The molecule has 1 aromatic heterocycles. The Labute approximate surface area is 119 Å². The first-order chi connectivity index (χ1) is 9.33. The molecule has 0 spiro atoms. The Morgan fingerprint density at radius 1 is 1.45 bits per heavy atom. The van der Waals surface area contributed by atoms with Gasteiger partial charge in [0.05, 0.1) is 18.8 Å². The van der Waals surface area contributed by atoms with Crippen molar-refractivity contribution < 1.29 is 14.3 Å². The van der Waals surface area contributed by atoms with Crippen LogP contribution < -0.4 is 10.2 Å². The first-order valence-corrected chi connectivity index (χ1v) is 6.57. The van der Waals surface area contributed by atoms with Crippen LogP contribution in [0, 0.1) is 13.8 Å². The van der Waals surface area contributed by atoms with Gasteiger partial charge in [0.25, 0.3) is 5.95 Å². The molecule has 0 saturated carbocycles. The van der Waals surface area contributed by atoms with Crippen LogP contribution in [-0.4, -0.2) is 18.3 Å². The number of ether oxygens (including phenoxy) is 1. The van der Waals surface area contributed by atoms with Crippen molar-refractivity contribution >= 4 is 5.57 Å². The highest BCUT2D eigenvalue weighted by atomic mass is 16.6. The number of aliphatic hydroxyl groups excluding tert-OH is 1. The molecule has 0 amide bonds. The molecule has 0 aliphatic heterocycles. The van der Waals surface area contributed by atoms with Gasteiger partial charge in [0.15, 0.2) is 5.43 Å². The van der Waals surface area contributed by atoms with E-state index in [1.165, 1.54) is 7.11 Å². The molecule has 110 valence electrons. The van der Waals surface area contributed by atoms with Crippen LogP contribution in [0.15, 0.2) is 27.4 Å². The van der Waals surface area contributed by atoms with Crippen molar-refractivity contribution in [1.29, 1.82) is 0 Å². The van der Waals surface area contributed by atoms with Gasteiger partial charge < -0.3 is 14.3 Å². The van der Waals surface area contributed by atoms with E-state index >= 15 is 0 Å². The zero-order chi connectivity index (χ0) is 15.4. The number of hydrogen-bond acceptors (Lipinski definition) is 4. The van der Waals surface area contributed by atoms with Gasteiger partial charge in [-0.15, -0.1) is 0 Å². The van der Waals surface area contributed by atoms with Crippen molar-refractivity contribution in [1.82, 2.24) is 0 Å². The highest BCUT2D eigenvalue weighted by molar-refractivity contribution is 5.65. The van der Waals surface area contributed by atoms with Crippen LogP contribution in [0.25, 0.3) is 5.57 Å². The number of methoxy groups -OCH3 is 1. The van der Waals surface area contributed by atoms with Crippen LogP contribution in [0.3, 0.4) is 0 Å². The lowest BCUT2D eigenvalue weighted by atomic mass is 10.0. The van der Waals surface area contributed by atoms with Crippen molar-refractivity contribution in [2.24, 2.45) is 0 Å². The molecule has 0 radical (unpaired) electrons. The first-order valence-electron chi connectivity index (χ1n) is 6.57. The summed E-state index contributed by atoms with van der Waals surface area (Å²) in [7, 11) is 1.46. The van der Waals surface area contributed by atoms with Gasteiger partial charge in [-0.25, -0.2) is 0 Å². The molecule has 0 fully saturated rings. The van der Waals surface area contributed by atoms with Gasteiger partial charge in [-0.05, 0) is 38.3 Å². The summed E-state index contributed by atoms with van der Waals surface area (Å²) in [5, 5.41) is 9.73. The summed E-state index contributed by atoms with van der Waals surface area (Å²) in [5.41, 5.74) is 2.20. The van der Waals surface area contributed by atoms with Crippen LogP contribution in [0.2, 0.25) is 0 Å². The second-order valence-corrected chi connectivity index (χ2v) is 4.83. The number of rotatable bonds is 5. The molecular weight excluding hydrogens is 256 g/mol. The van der Waals surface area contributed by atoms with E-state index in [1.807, 2.05) is 13.8 Å². The summed E-state index contributed by atoms with van der Waals surface area (Å²) in [6.45, 7) is 10.9. The predicted molar refractivity (Wildman–Crippen MR) is 80.1 cm³/mol. The van der Waals surface area contributed by atoms with Crippen LogP contribution in [-0.2, 0) is 0 Å². The van der Waals surface area contributed by atoms with Crippen molar-refractivity contribution in [3.05, 3.63) is 45.3 Å². The maximum absolute atomic E-state index is 12.1. The molecule has 0 aromatic carbocycles. The van der Waals surface area contributed by atoms with Gasteiger partial charge in [0.2, 0.25) is 0 Å². The van der Waals surface area contributed by atoms with Gasteiger partial charge in [0, 0.05) is 5.56 Å². The summed E-state index contributed by atoms with van der Waals surface area (Å²) in [6, 6.07) is 0. The summed E-state index contributed by atoms with van der Waals surface area (Å²) < 4.78 is 10.7. The minimum absolute atomic E-state index is 0.0995. The maximum Gasteiger partial charge on any atom is 0.291 e. The average Bonchev–Trinajstić information content (AvgIpc) is 2.43. The van der Waals surface area contributed by atoms with E-state index in [1.54, 1.807) is 19.9 Å². The Morgan fingerprint density at radius 2 is 2.05 bits per heavy atom. The van der Waals surface area contributed by atoms with Gasteiger partial charge in [-0.2, -0.15) is 0 Å². The van der Waals surface area contributed by atoms with E-state index in [0.29, 0.717) is 28.9 Å². The average molecular weight is 278 g/mol. The quantitative estimate of drug-likeness (QED) is 0.841. The fraction of sp³-hybridized carbons (Fsp3) is 0.438. The standard InChI is InChI=1S/C16H22O4/c1-7-13(17)9(2)8-10(3)15-11(4)14(18)12(5)16(19-6)20-15/h8,13,17H,2,7H2,1,3-6H3/b10-8+. The molecule has 4 heteroatoms. The van der Waals surface area contributed by atoms with E-state index in [4.69, 9.17) is 9.15 Å². The molecule has 0 saturated heterocycles. The van der Waals surface area contributed by atoms with Gasteiger partial charge in [0.1, 0.15) is 5.76 Å². The van der Waals surface area contributed by atoms with E-state index in [9.17, 15) is 9.90 Å². The zero-order valence-electron chi connectivity index (χ0n) is 12.7. The number of aliphatic hydroxyl groups is 1. The minimum atomic E-state index is -0.593. The Morgan fingerprint density at radius 3 is 2.55 bits per heavy atom. The van der Waals surface area contributed by atoms with Crippen LogP contribution >= 0.6 is 0 Å². The van der Waals surface area contributed by atoms with Crippen molar-refractivity contribution in [3.63, 3.8) is 0 Å². The molecule has 1 N–H and O–H groups in total. The molecule has 1 rings (SSSR count). The molecule has 20 heavy (non-hydrogen) atoms. The highest BCUT2D eigenvalue weighted by Gasteiger charge is 2.15. The van der Waals surface area contributed by atoms with Crippen LogP contribution in [0.5, 0.6) is 5.95 Å². The van der Waals surface area contributed by atoms with Crippen molar-refractivity contribution in [3.8, 4) is 5.95 Å².